The third-order valence-corrected chi connectivity index (χ3v) is 15.2. The first kappa shape index (κ1) is 38.2. The van der Waals surface area contributed by atoms with Crippen molar-refractivity contribution in [2.24, 2.45) is 17.8 Å². The molecule has 2 aromatic rings. The van der Waals surface area contributed by atoms with E-state index >= 15 is 0 Å². The normalized spacial score (nSPS) is 32.6. The molecular weight excluding hydrogens is 712 g/mol. The van der Waals surface area contributed by atoms with Crippen molar-refractivity contribution in [2.45, 2.75) is 88.5 Å². The van der Waals surface area contributed by atoms with E-state index in [1.54, 1.807) is 20.1 Å². The highest BCUT2D eigenvalue weighted by atomic mass is 35.5. The monoisotopic (exact) mass is 766 g/mol. The summed E-state index contributed by atoms with van der Waals surface area (Å²) in [6.45, 7) is 11.9. The van der Waals surface area contributed by atoms with E-state index in [1.165, 1.54) is 11.1 Å². The molecule has 288 valence electrons. The van der Waals surface area contributed by atoms with Crippen molar-refractivity contribution in [3.63, 3.8) is 0 Å². The number of aryl methyl sites for hydroxylation is 1. The van der Waals surface area contributed by atoms with Crippen LogP contribution in [0.2, 0.25) is 5.02 Å². The molecule has 1 spiro atoms. The molecule has 2 fully saturated rings. The Bertz CT molecular complexity index is 1870. The molecule has 2 aromatic carbocycles. The van der Waals surface area contributed by atoms with E-state index < -0.39 is 26.8 Å². The van der Waals surface area contributed by atoms with Crippen molar-refractivity contribution >= 4 is 39.1 Å². The van der Waals surface area contributed by atoms with E-state index in [1.807, 2.05) is 30.0 Å². The van der Waals surface area contributed by atoms with Crippen LogP contribution in [-0.2, 0) is 31.4 Å². The lowest BCUT2D eigenvalue weighted by molar-refractivity contribution is -0.142. The Kier molecular flexibility index (Phi) is 10.7. The van der Waals surface area contributed by atoms with E-state index in [9.17, 15) is 18.0 Å². The average molecular weight is 767 g/mol. The second-order valence-corrected chi connectivity index (χ2v) is 19.1. The van der Waals surface area contributed by atoms with Crippen LogP contribution in [0, 0.1) is 17.8 Å². The Balaban J connectivity index is 1.30. The summed E-state index contributed by atoms with van der Waals surface area (Å²) in [7, 11) is -2.22. The number of piperazine rings is 1. The number of amides is 2. The first-order chi connectivity index (χ1) is 25.2. The predicted octanol–water partition coefficient (Wildman–Crippen LogP) is 5.82. The molecule has 5 aliphatic rings. The van der Waals surface area contributed by atoms with E-state index in [-0.39, 0.29) is 40.7 Å². The van der Waals surface area contributed by atoms with Crippen molar-refractivity contribution in [3.05, 3.63) is 70.3 Å². The van der Waals surface area contributed by atoms with Gasteiger partial charge in [-0.15, -0.1) is 0 Å². The van der Waals surface area contributed by atoms with Crippen LogP contribution in [0.5, 0.6) is 5.75 Å². The van der Waals surface area contributed by atoms with Gasteiger partial charge < -0.3 is 19.3 Å². The zero-order valence-corrected chi connectivity index (χ0v) is 33.3. The molecule has 1 saturated carbocycles. The van der Waals surface area contributed by atoms with Crippen molar-refractivity contribution in [2.75, 3.05) is 57.9 Å². The van der Waals surface area contributed by atoms with Crippen LogP contribution in [0.25, 0.3) is 0 Å². The van der Waals surface area contributed by atoms with Gasteiger partial charge >= 0.3 is 0 Å². The van der Waals surface area contributed by atoms with Crippen LogP contribution >= 0.6 is 11.6 Å². The number of anilines is 1. The number of fused-ring (bicyclic) bond motifs is 4. The molecule has 3 heterocycles. The highest BCUT2D eigenvalue weighted by molar-refractivity contribution is 7.90. The Morgan fingerprint density at radius 3 is 2.62 bits per heavy atom. The Morgan fingerprint density at radius 2 is 1.91 bits per heavy atom. The molecule has 7 rings (SSSR count). The molecule has 53 heavy (non-hydrogen) atoms. The van der Waals surface area contributed by atoms with E-state index in [2.05, 4.69) is 52.7 Å². The van der Waals surface area contributed by atoms with E-state index in [0.29, 0.717) is 51.5 Å². The van der Waals surface area contributed by atoms with E-state index in [4.69, 9.17) is 21.1 Å². The minimum atomic E-state index is -3.99. The summed E-state index contributed by atoms with van der Waals surface area (Å²) in [5.74, 6) is 0.307. The summed E-state index contributed by atoms with van der Waals surface area (Å²) >= 11 is 6.49. The number of ether oxygens (including phenoxy) is 2. The summed E-state index contributed by atoms with van der Waals surface area (Å²) in [6, 6.07) is 11.7. The van der Waals surface area contributed by atoms with Crippen molar-refractivity contribution < 1.29 is 27.5 Å². The van der Waals surface area contributed by atoms with Crippen LogP contribution in [-0.4, -0.2) is 99.9 Å². The van der Waals surface area contributed by atoms with Gasteiger partial charge in [0.05, 0.1) is 24.1 Å². The first-order valence-electron chi connectivity index (χ1n) is 19.4. The fraction of sp³-hybridized carbons (Fsp3) is 0.610. The smallest absolute Gasteiger partial charge is 0.264 e. The maximum Gasteiger partial charge on any atom is 0.264 e. The Hall–Kier alpha value is -3.12. The number of nitrogens with one attached hydrogen (secondary N) is 1. The Labute approximate surface area is 320 Å². The number of sulfonamides is 1. The van der Waals surface area contributed by atoms with Gasteiger partial charge in [-0.3, -0.25) is 14.5 Å². The number of hydrogen-bond acceptors (Lipinski definition) is 8. The topological polar surface area (TPSA) is 108 Å². The Morgan fingerprint density at radius 1 is 1.09 bits per heavy atom. The zero-order valence-electron chi connectivity index (χ0n) is 31.8. The maximum absolute atomic E-state index is 13.6. The number of carbonyl (C=O) groups excluding carboxylic acids is 2. The van der Waals surface area contributed by atoms with Gasteiger partial charge in [-0.25, -0.2) is 13.1 Å². The largest absolute Gasteiger partial charge is 0.490 e. The third-order valence-electron chi connectivity index (χ3n) is 13.0. The molecule has 0 unspecified atom stereocenters. The van der Waals surface area contributed by atoms with Gasteiger partial charge in [-0.2, -0.15) is 0 Å². The summed E-state index contributed by atoms with van der Waals surface area (Å²) in [4.78, 5) is 33.4. The van der Waals surface area contributed by atoms with Gasteiger partial charge in [-0.05, 0) is 119 Å². The molecule has 1 N–H and O–H groups in total. The standard InChI is InChI=1S/C41H55ClN4O6S/c1-27(2)46-19-18-44(23-38(46)47)25-41(51-5)17-6-8-28(3)29(4)53(49,50)43-39(48)31-11-15-37-36(21-31)45(22-32-10-13-35(32)41)24-40(26-52-37)16-7-9-30-20-33(42)12-14-34(30)40/h6,11-12,14-15,17,20-21,27-29,32,35H,7-10,13,16,18-19,22-26H2,1-5H3,(H,43,48)/b17-6-/t28-,29+,32-,35+,40-,41-/m0/s1. The number of allylic oxidation sites excluding steroid dienone is 1. The second kappa shape index (κ2) is 14.8. The number of carbonyl (C=O) groups is 2. The fourth-order valence-electron chi connectivity index (χ4n) is 9.57. The SMILES string of the molecule is CO[C@]1(CN2CCN(C(C)C)C(=O)C2)/C=C\C[C@H](C)[C@@H](C)S(=O)(=O)NC(=O)c2ccc3c(c2)N(C[C@@H]2CC[C@H]21)C[C@@]1(CCCc2cc(Cl)ccc21)CO3. The van der Waals surface area contributed by atoms with Gasteiger partial charge in [0, 0.05) is 61.9 Å². The van der Waals surface area contributed by atoms with Crippen molar-refractivity contribution in [1.82, 2.24) is 14.5 Å². The number of halogens is 1. The summed E-state index contributed by atoms with van der Waals surface area (Å²) < 4.78 is 42.9. The van der Waals surface area contributed by atoms with Gasteiger partial charge in [0.2, 0.25) is 15.9 Å². The zero-order chi connectivity index (χ0) is 37.7. The van der Waals surface area contributed by atoms with Crippen LogP contribution in [0.4, 0.5) is 5.69 Å². The minimum Gasteiger partial charge on any atom is -0.490 e. The van der Waals surface area contributed by atoms with Crippen LogP contribution < -0.4 is 14.4 Å². The highest BCUT2D eigenvalue weighted by Crippen LogP contribution is 2.49. The van der Waals surface area contributed by atoms with Crippen LogP contribution in [0.3, 0.4) is 0 Å². The molecule has 2 bridgehead atoms. The first-order valence-corrected chi connectivity index (χ1v) is 21.3. The quantitative estimate of drug-likeness (QED) is 0.388. The lowest BCUT2D eigenvalue weighted by Gasteiger charge is -2.52. The number of rotatable bonds is 4. The van der Waals surface area contributed by atoms with Crippen molar-refractivity contribution in [1.29, 1.82) is 0 Å². The number of hydrogen-bond donors (Lipinski definition) is 1. The predicted molar refractivity (Wildman–Crippen MR) is 208 cm³/mol. The lowest BCUT2D eigenvalue weighted by Crippen LogP contribution is -2.60. The van der Waals surface area contributed by atoms with Gasteiger partial charge in [0.25, 0.3) is 5.91 Å². The van der Waals surface area contributed by atoms with Crippen molar-refractivity contribution in [3.8, 4) is 5.75 Å². The molecule has 2 aliphatic carbocycles. The van der Waals surface area contributed by atoms with Gasteiger partial charge in [-0.1, -0.05) is 36.7 Å². The molecule has 2 amide bonds. The van der Waals surface area contributed by atoms with Crippen LogP contribution in [0.1, 0.15) is 81.3 Å². The highest BCUT2D eigenvalue weighted by Gasteiger charge is 2.50. The average Bonchev–Trinajstić information content (AvgIpc) is 3.25. The molecule has 0 aromatic heterocycles. The molecule has 6 atom stereocenters. The maximum atomic E-state index is 13.6. The number of methoxy groups -OCH3 is 1. The third kappa shape index (κ3) is 7.35. The summed E-state index contributed by atoms with van der Waals surface area (Å²) in [5, 5.41) is -0.0916. The number of nitrogens with zero attached hydrogens (tertiary/aromatic N) is 3. The molecule has 10 nitrogen and oxygen atoms in total. The molecule has 3 aliphatic heterocycles. The summed E-state index contributed by atoms with van der Waals surface area (Å²) in [6.07, 6.45) is 9.61. The molecule has 0 radical (unpaired) electrons. The minimum absolute atomic E-state index is 0.130. The summed E-state index contributed by atoms with van der Waals surface area (Å²) in [5.41, 5.74) is 2.59. The number of benzene rings is 2. The molecular formula is C41H55ClN4O6S. The molecule has 12 heteroatoms. The van der Waals surface area contributed by atoms with Gasteiger partial charge in [0.15, 0.2) is 0 Å². The second-order valence-electron chi connectivity index (χ2n) is 16.6. The van der Waals surface area contributed by atoms with Crippen LogP contribution in [0.15, 0.2) is 48.6 Å². The fourth-order valence-corrected chi connectivity index (χ4v) is 11.1. The molecule has 1 saturated heterocycles. The lowest BCUT2D eigenvalue weighted by atomic mass is 9.63. The van der Waals surface area contributed by atoms with Gasteiger partial charge in [0.1, 0.15) is 11.4 Å². The van der Waals surface area contributed by atoms with E-state index in [0.717, 1.165) is 49.4 Å².